The van der Waals surface area contributed by atoms with Gasteiger partial charge in [0.15, 0.2) is 0 Å². The Balaban J connectivity index is 1.77. The molecule has 30 heavy (non-hydrogen) atoms. The lowest BCUT2D eigenvalue weighted by Gasteiger charge is -2.30. The molecule has 0 radical (unpaired) electrons. The van der Waals surface area contributed by atoms with Gasteiger partial charge < -0.3 is 19.7 Å². The van der Waals surface area contributed by atoms with Gasteiger partial charge in [-0.15, -0.1) is 0 Å². The number of benzene rings is 1. The first-order valence-electron chi connectivity index (χ1n) is 10.0. The number of rotatable bonds is 6. The number of halogens is 1. The second-order valence-electron chi connectivity index (χ2n) is 7.92. The average molecular weight is 478 g/mol. The fourth-order valence-electron chi connectivity index (χ4n) is 3.90. The predicted molar refractivity (Wildman–Crippen MR) is 119 cm³/mol. The Labute approximate surface area is 185 Å². The first-order valence-corrected chi connectivity index (χ1v) is 10.8. The van der Waals surface area contributed by atoms with Gasteiger partial charge in [-0.05, 0) is 29.2 Å². The number of nitrogens with one attached hydrogen (secondary N) is 1. The van der Waals surface area contributed by atoms with Crippen molar-refractivity contribution in [1.29, 1.82) is 0 Å². The molecule has 1 aromatic carbocycles. The van der Waals surface area contributed by atoms with E-state index in [4.69, 9.17) is 9.47 Å². The third kappa shape index (κ3) is 4.92. The third-order valence-corrected chi connectivity index (χ3v) is 6.16. The molecule has 1 aromatic rings. The summed E-state index contributed by atoms with van der Waals surface area (Å²) in [5.74, 6) is -0.222. The minimum Gasteiger partial charge on any atom is -0.453 e. The van der Waals surface area contributed by atoms with Crippen LogP contribution in [-0.4, -0.2) is 61.6 Å². The first kappa shape index (κ1) is 22.5. The highest BCUT2D eigenvalue weighted by atomic mass is 79.9. The summed E-state index contributed by atoms with van der Waals surface area (Å²) in [5.41, 5.74) is 3.18. The zero-order chi connectivity index (χ0) is 21.8. The normalized spacial score (nSPS) is 22.0. The second kappa shape index (κ2) is 9.75. The summed E-state index contributed by atoms with van der Waals surface area (Å²) in [5, 5.41) is 2.68. The summed E-state index contributed by atoms with van der Waals surface area (Å²) in [4.78, 5) is 31.6. The molecule has 1 fully saturated rings. The highest BCUT2D eigenvalue weighted by Crippen LogP contribution is 2.31. The number of aliphatic imine (C=N–C) groups is 1. The molecule has 0 saturated carbocycles. The van der Waals surface area contributed by atoms with Crippen molar-refractivity contribution in [3.63, 3.8) is 0 Å². The molecule has 0 aromatic heterocycles. The number of nitrogens with zero attached hydrogens (tertiary/aromatic N) is 2. The lowest BCUT2D eigenvalue weighted by atomic mass is 9.97. The van der Waals surface area contributed by atoms with E-state index in [1.165, 1.54) is 7.11 Å². The smallest absolute Gasteiger partial charge is 0.407 e. The molecule has 1 saturated heterocycles. The van der Waals surface area contributed by atoms with Gasteiger partial charge in [0.2, 0.25) is 5.91 Å². The summed E-state index contributed by atoms with van der Waals surface area (Å²) in [6, 6.07) is 7.29. The van der Waals surface area contributed by atoms with Crippen LogP contribution in [0.2, 0.25) is 0 Å². The molecule has 0 spiro atoms. The van der Waals surface area contributed by atoms with Crippen molar-refractivity contribution in [3.8, 4) is 0 Å². The number of alkyl carbamates (subject to hydrolysis) is 1. The number of likely N-dealkylation sites (tertiary alicyclic amines) is 1. The predicted octanol–water partition coefficient (Wildman–Crippen LogP) is 3.63. The fraction of sp³-hybridized carbons (Fsp3) is 0.500. The Kier molecular flexibility index (Phi) is 7.31. The molecule has 3 atom stereocenters. The Hall–Kier alpha value is -2.19. The van der Waals surface area contributed by atoms with Gasteiger partial charge >= 0.3 is 6.09 Å². The quantitative estimate of drug-likeness (QED) is 0.678. The SMILES string of the molecule is COC(=O)N[C@H](C(=O)N1C[C@@H](OC)C[C@H]1C1=NC=C(c2ccc(Br)cc2)C1)C(C)C. The van der Waals surface area contributed by atoms with Crippen molar-refractivity contribution in [2.45, 2.75) is 44.9 Å². The second-order valence-corrected chi connectivity index (χ2v) is 8.83. The molecule has 2 amide bonds. The summed E-state index contributed by atoms with van der Waals surface area (Å²) in [6.45, 7) is 4.27. The first-order chi connectivity index (χ1) is 14.3. The summed E-state index contributed by atoms with van der Waals surface area (Å²) in [6.07, 6.45) is 2.57. The molecule has 1 N–H and O–H groups in total. The van der Waals surface area contributed by atoms with Gasteiger partial charge in [-0.3, -0.25) is 9.79 Å². The van der Waals surface area contributed by atoms with E-state index in [0.717, 1.165) is 21.3 Å². The number of hydrogen-bond acceptors (Lipinski definition) is 5. The van der Waals surface area contributed by atoms with Crippen molar-refractivity contribution in [3.05, 3.63) is 40.5 Å². The largest absolute Gasteiger partial charge is 0.453 e. The maximum atomic E-state index is 13.4. The van der Waals surface area contributed by atoms with Crippen LogP contribution in [0.15, 0.2) is 39.9 Å². The molecule has 8 heteroatoms. The van der Waals surface area contributed by atoms with Gasteiger partial charge in [0, 0.05) is 42.9 Å². The van der Waals surface area contributed by atoms with E-state index < -0.39 is 12.1 Å². The van der Waals surface area contributed by atoms with Gasteiger partial charge in [0.1, 0.15) is 6.04 Å². The van der Waals surface area contributed by atoms with E-state index in [2.05, 4.69) is 38.4 Å². The van der Waals surface area contributed by atoms with Crippen LogP contribution in [0.3, 0.4) is 0 Å². The molecule has 162 valence electrons. The molecule has 0 bridgehead atoms. The van der Waals surface area contributed by atoms with E-state index in [9.17, 15) is 9.59 Å². The molecule has 3 rings (SSSR count). The molecule has 0 unspecified atom stereocenters. The van der Waals surface area contributed by atoms with Crippen molar-refractivity contribution in [2.24, 2.45) is 10.9 Å². The van der Waals surface area contributed by atoms with Gasteiger partial charge in [-0.1, -0.05) is 41.9 Å². The van der Waals surface area contributed by atoms with E-state index in [-0.39, 0.29) is 24.0 Å². The van der Waals surface area contributed by atoms with Crippen molar-refractivity contribution in [2.75, 3.05) is 20.8 Å². The van der Waals surface area contributed by atoms with Crippen LogP contribution in [0.4, 0.5) is 4.79 Å². The molecule has 7 nitrogen and oxygen atoms in total. The zero-order valence-electron chi connectivity index (χ0n) is 17.7. The van der Waals surface area contributed by atoms with Crippen molar-refractivity contribution < 1.29 is 19.1 Å². The molecule has 2 aliphatic rings. The highest BCUT2D eigenvalue weighted by molar-refractivity contribution is 9.10. The van der Waals surface area contributed by atoms with Crippen LogP contribution in [0.5, 0.6) is 0 Å². The van der Waals surface area contributed by atoms with Crippen LogP contribution in [0.1, 0.15) is 32.3 Å². The highest BCUT2D eigenvalue weighted by Gasteiger charge is 2.42. The lowest BCUT2D eigenvalue weighted by Crippen LogP contribution is -2.53. The minimum absolute atomic E-state index is 0.0654. The van der Waals surface area contributed by atoms with Gasteiger partial charge in [-0.25, -0.2) is 4.79 Å². The summed E-state index contributed by atoms with van der Waals surface area (Å²) < 4.78 is 11.3. The molecule has 0 aliphatic carbocycles. The van der Waals surface area contributed by atoms with Crippen LogP contribution in [0.25, 0.3) is 5.57 Å². The molecule has 2 aliphatic heterocycles. The third-order valence-electron chi connectivity index (χ3n) is 5.63. The lowest BCUT2D eigenvalue weighted by molar-refractivity contribution is -0.134. The Morgan fingerprint density at radius 1 is 1.23 bits per heavy atom. The number of hydrogen-bond donors (Lipinski definition) is 1. The number of carbonyl (C=O) groups is 2. The van der Waals surface area contributed by atoms with E-state index in [1.807, 2.05) is 32.2 Å². The van der Waals surface area contributed by atoms with Crippen LogP contribution < -0.4 is 5.32 Å². The number of allylic oxidation sites excluding steroid dienone is 1. The van der Waals surface area contributed by atoms with E-state index in [1.54, 1.807) is 12.0 Å². The van der Waals surface area contributed by atoms with E-state index >= 15 is 0 Å². The minimum atomic E-state index is -0.670. The van der Waals surface area contributed by atoms with Crippen LogP contribution in [0, 0.1) is 5.92 Å². The Morgan fingerprint density at radius 2 is 1.93 bits per heavy atom. The summed E-state index contributed by atoms with van der Waals surface area (Å²) >= 11 is 3.46. The number of carbonyl (C=O) groups excluding carboxylic acids is 2. The van der Waals surface area contributed by atoms with Crippen LogP contribution in [-0.2, 0) is 14.3 Å². The van der Waals surface area contributed by atoms with Gasteiger partial charge in [0.05, 0.1) is 19.3 Å². The topological polar surface area (TPSA) is 80.2 Å². The maximum Gasteiger partial charge on any atom is 0.407 e. The fourth-order valence-corrected chi connectivity index (χ4v) is 4.16. The van der Waals surface area contributed by atoms with E-state index in [0.29, 0.717) is 19.4 Å². The molecular formula is C22H28BrN3O4. The maximum absolute atomic E-state index is 13.4. The molecule has 2 heterocycles. The number of ether oxygens (including phenoxy) is 2. The number of methoxy groups -OCH3 is 2. The number of amides is 2. The van der Waals surface area contributed by atoms with Gasteiger partial charge in [-0.2, -0.15) is 0 Å². The van der Waals surface area contributed by atoms with Gasteiger partial charge in [0.25, 0.3) is 0 Å². The average Bonchev–Trinajstić information content (AvgIpc) is 3.38. The zero-order valence-corrected chi connectivity index (χ0v) is 19.3. The van der Waals surface area contributed by atoms with Crippen LogP contribution >= 0.6 is 15.9 Å². The monoisotopic (exact) mass is 477 g/mol. The Bertz CT molecular complexity index is 850. The standard InChI is InChI=1S/C22H28BrN3O4/c1-13(2)20(25-22(28)30-4)21(27)26-12-17(29-3)10-19(26)18-9-15(11-24-18)14-5-7-16(23)8-6-14/h5-8,11,13,17,19-20H,9-10,12H2,1-4H3,(H,25,28)/t17-,19-,20-/m0/s1. The van der Waals surface area contributed by atoms with Crippen molar-refractivity contribution in [1.82, 2.24) is 10.2 Å². The Morgan fingerprint density at radius 3 is 2.53 bits per heavy atom. The molecular weight excluding hydrogens is 450 g/mol. The van der Waals surface area contributed by atoms with Crippen molar-refractivity contribution >= 4 is 39.2 Å². The summed E-state index contributed by atoms with van der Waals surface area (Å²) in [7, 11) is 2.95.